The quantitative estimate of drug-likeness (QED) is 0.915. The summed E-state index contributed by atoms with van der Waals surface area (Å²) in [5, 5.41) is 10.3. The summed E-state index contributed by atoms with van der Waals surface area (Å²) in [5.74, 6) is 1.05. The molecule has 110 valence electrons. The number of hydrogen-bond acceptors (Lipinski definition) is 3. The van der Waals surface area contributed by atoms with E-state index in [0.717, 1.165) is 11.1 Å². The Kier molecular flexibility index (Phi) is 3.55. The van der Waals surface area contributed by atoms with Crippen molar-refractivity contribution in [3.63, 3.8) is 0 Å². The van der Waals surface area contributed by atoms with E-state index in [0.29, 0.717) is 23.5 Å². The van der Waals surface area contributed by atoms with E-state index < -0.39 is 6.10 Å². The number of aliphatic hydroxyl groups excluding tert-OH is 1. The molecule has 0 amide bonds. The molecule has 2 atom stereocenters. The molecule has 1 aliphatic rings. The third kappa shape index (κ3) is 2.59. The Balaban J connectivity index is 1.94. The van der Waals surface area contributed by atoms with Crippen LogP contribution in [0, 0.1) is 12.7 Å². The summed E-state index contributed by atoms with van der Waals surface area (Å²) < 4.78 is 24.5. The van der Waals surface area contributed by atoms with Crippen LogP contribution in [0.5, 0.6) is 11.5 Å². The number of aryl methyl sites for hydroxylation is 1. The van der Waals surface area contributed by atoms with Crippen molar-refractivity contribution < 1.29 is 19.0 Å². The summed E-state index contributed by atoms with van der Waals surface area (Å²) in [6, 6.07) is 10.3. The minimum absolute atomic E-state index is 0.239. The highest BCUT2D eigenvalue weighted by Crippen LogP contribution is 2.42. The first-order chi connectivity index (χ1) is 10.1. The van der Waals surface area contributed by atoms with E-state index in [9.17, 15) is 9.50 Å². The highest BCUT2D eigenvalue weighted by atomic mass is 19.1. The topological polar surface area (TPSA) is 38.7 Å². The van der Waals surface area contributed by atoms with Gasteiger partial charge in [0.1, 0.15) is 23.4 Å². The van der Waals surface area contributed by atoms with Crippen LogP contribution in [0.2, 0.25) is 0 Å². The molecule has 0 radical (unpaired) electrons. The molecule has 1 N–H and O–H groups in total. The summed E-state index contributed by atoms with van der Waals surface area (Å²) in [4.78, 5) is 0. The van der Waals surface area contributed by atoms with Crippen LogP contribution >= 0.6 is 0 Å². The van der Waals surface area contributed by atoms with Crippen molar-refractivity contribution in [2.75, 3.05) is 7.11 Å². The van der Waals surface area contributed by atoms with Gasteiger partial charge in [-0.15, -0.1) is 0 Å². The fraction of sp³-hybridized carbons (Fsp3) is 0.294. The van der Waals surface area contributed by atoms with Crippen LogP contribution in [0.4, 0.5) is 4.39 Å². The predicted molar refractivity (Wildman–Crippen MR) is 77.1 cm³/mol. The number of aliphatic hydroxyl groups is 1. The van der Waals surface area contributed by atoms with Gasteiger partial charge >= 0.3 is 0 Å². The maximum Gasteiger partial charge on any atom is 0.129 e. The van der Waals surface area contributed by atoms with Gasteiger partial charge in [-0.1, -0.05) is 6.07 Å². The van der Waals surface area contributed by atoms with Gasteiger partial charge in [0.15, 0.2) is 0 Å². The summed E-state index contributed by atoms with van der Waals surface area (Å²) >= 11 is 0. The van der Waals surface area contributed by atoms with Crippen LogP contribution in [0.1, 0.15) is 35.3 Å². The minimum Gasteiger partial charge on any atom is -0.497 e. The molecule has 1 unspecified atom stereocenters. The van der Waals surface area contributed by atoms with E-state index in [1.54, 1.807) is 38.3 Å². The van der Waals surface area contributed by atoms with E-state index in [2.05, 4.69) is 0 Å². The van der Waals surface area contributed by atoms with Gasteiger partial charge in [-0.05, 0) is 42.3 Å². The lowest BCUT2D eigenvalue weighted by atomic mass is 9.94. The van der Waals surface area contributed by atoms with Crippen molar-refractivity contribution in [2.24, 2.45) is 0 Å². The van der Waals surface area contributed by atoms with Crippen LogP contribution < -0.4 is 9.47 Å². The molecule has 4 heteroatoms. The van der Waals surface area contributed by atoms with Crippen LogP contribution in [0.15, 0.2) is 36.4 Å². The Hall–Kier alpha value is -2.07. The average molecular weight is 288 g/mol. The summed E-state index contributed by atoms with van der Waals surface area (Å²) in [7, 11) is 1.59. The van der Waals surface area contributed by atoms with Crippen LogP contribution in [-0.2, 0) is 0 Å². The van der Waals surface area contributed by atoms with Gasteiger partial charge in [-0.3, -0.25) is 0 Å². The molecule has 21 heavy (non-hydrogen) atoms. The van der Waals surface area contributed by atoms with Gasteiger partial charge in [0.05, 0.1) is 13.2 Å². The zero-order valence-corrected chi connectivity index (χ0v) is 12.0. The molecule has 0 saturated heterocycles. The van der Waals surface area contributed by atoms with E-state index in [1.165, 1.54) is 6.07 Å². The lowest BCUT2D eigenvalue weighted by Gasteiger charge is -2.30. The summed E-state index contributed by atoms with van der Waals surface area (Å²) in [5.41, 5.74) is 2.19. The van der Waals surface area contributed by atoms with Gasteiger partial charge in [0.2, 0.25) is 0 Å². The Bertz CT molecular complexity index is 669. The maximum absolute atomic E-state index is 13.4. The molecule has 1 aliphatic heterocycles. The Morgan fingerprint density at radius 1 is 1.24 bits per heavy atom. The van der Waals surface area contributed by atoms with Crippen molar-refractivity contribution in [1.82, 2.24) is 0 Å². The molecule has 0 fully saturated rings. The first-order valence-electron chi connectivity index (χ1n) is 6.87. The van der Waals surface area contributed by atoms with Gasteiger partial charge < -0.3 is 14.6 Å². The monoisotopic (exact) mass is 288 g/mol. The SMILES string of the molecule is COc1ccc2c(c1)OC(c1ccc(F)c(C)c1)C[C@@H]2O. The fourth-order valence-electron chi connectivity index (χ4n) is 2.62. The number of ether oxygens (including phenoxy) is 2. The minimum atomic E-state index is -0.602. The Morgan fingerprint density at radius 3 is 2.76 bits per heavy atom. The largest absolute Gasteiger partial charge is 0.497 e. The molecule has 3 nitrogen and oxygen atoms in total. The standard InChI is InChI=1S/C17H17FO3/c1-10-7-11(3-6-14(10)18)16-9-15(19)13-5-4-12(20-2)8-17(13)21-16/h3-8,15-16,19H,9H2,1-2H3/t15-,16?/m0/s1. The second-order valence-electron chi connectivity index (χ2n) is 5.27. The number of rotatable bonds is 2. The summed E-state index contributed by atoms with van der Waals surface area (Å²) in [6.07, 6.45) is -0.446. The number of methoxy groups -OCH3 is 1. The molecular formula is C17H17FO3. The highest BCUT2D eigenvalue weighted by molar-refractivity contribution is 5.44. The number of benzene rings is 2. The van der Waals surface area contributed by atoms with Crippen LogP contribution in [0.3, 0.4) is 0 Å². The molecule has 0 aromatic heterocycles. The Labute approximate surface area is 122 Å². The van der Waals surface area contributed by atoms with Crippen molar-refractivity contribution >= 4 is 0 Å². The first kappa shape index (κ1) is 13.9. The molecule has 1 heterocycles. The van der Waals surface area contributed by atoms with E-state index in [4.69, 9.17) is 9.47 Å². The molecule has 0 aliphatic carbocycles. The molecule has 0 spiro atoms. The van der Waals surface area contributed by atoms with Crippen molar-refractivity contribution in [3.05, 3.63) is 58.9 Å². The normalized spacial score (nSPS) is 20.6. The Morgan fingerprint density at radius 2 is 2.05 bits per heavy atom. The smallest absolute Gasteiger partial charge is 0.129 e. The van der Waals surface area contributed by atoms with Crippen LogP contribution in [-0.4, -0.2) is 12.2 Å². The fourth-order valence-corrected chi connectivity index (χ4v) is 2.62. The average Bonchev–Trinajstić information content (AvgIpc) is 2.49. The lowest BCUT2D eigenvalue weighted by Crippen LogP contribution is -2.19. The van der Waals surface area contributed by atoms with Crippen molar-refractivity contribution in [1.29, 1.82) is 0 Å². The molecule has 2 aromatic rings. The first-order valence-corrected chi connectivity index (χ1v) is 6.87. The number of fused-ring (bicyclic) bond motifs is 1. The molecule has 2 aromatic carbocycles. The molecule has 0 bridgehead atoms. The third-order valence-electron chi connectivity index (χ3n) is 3.84. The highest BCUT2D eigenvalue weighted by Gasteiger charge is 2.28. The van der Waals surface area contributed by atoms with E-state index in [1.807, 2.05) is 6.07 Å². The second-order valence-corrected chi connectivity index (χ2v) is 5.27. The van der Waals surface area contributed by atoms with Gasteiger partial charge in [0.25, 0.3) is 0 Å². The molecule has 3 rings (SSSR count). The lowest BCUT2D eigenvalue weighted by molar-refractivity contribution is 0.0654. The zero-order valence-electron chi connectivity index (χ0n) is 12.0. The van der Waals surface area contributed by atoms with Gasteiger partial charge in [-0.25, -0.2) is 4.39 Å². The van der Waals surface area contributed by atoms with E-state index in [-0.39, 0.29) is 11.9 Å². The van der Waals surface area contributed by atoms with Crippen molar-refractivity contribution in [2.45, 2.75) is 25.6 Å². The predicted octanol–water partition coefficient (Wildman–Crippen LogP) is 3.70. The van der Waals surface area contributed by atoms with Crippen LogP contribution in [0.25, 0.3) is 0 Å². The maximum atomic E-state index is 13.4. The zero-order chi connectivity index (χ0) is 15.0. The number of hydrogen-bond donors (Lipinski definition) is 1. The van der Waals surface area contributed by atoms with Gasteiger partial charge in [-0.2, -0.15) is 0 Å². The second kappa shape index (κ2) is 5.37. The van der Waals surface area contributed by atoms with Crippen molar-refractivity contribution in [3.8, 4) is 11.5 Å². The summed E-state index contributed by atoms with van der Waals surface area (Å²) in [6.45, 7) is 1.72. The molecular weight excluding hydrogens is 271 g/mol. The molecule has 0 saturated carbocycles. The van der Waals surface area contributed by atoms with E-state index >= 15 is 0 Å². The number of halogens is 1. The third-order valence-corrected chi connectivity index (χ3v) is 3.84. The van der Waals surface area contributed by atoms with Gasteiger partial charge in [0, 0.05) is 18.1 Å².